The molecule has 0 spiro atoms. The molecule has 3 heteroatoms. The standard InChI is InChI=1S/C7H14N2O/c1-2-10-6(7(8)9)5-3-4-5/h5-6H,2-4H2,1H3,(H3,8,9). The summed E-state index contributed by atoms with van der Waals surface area (Å²) in [5.41, 5.74) is 5.32. The summed E-state index contributed by atoms with van der Waals surface area (Å²) < 4.78 is 5.28. The molecule has 0 aromatic rings. The lowest BCUT2D eigenvalue weighted by Gasteiger charge is -2.13. The first-order valence-corrected chi connectivity index (χ1v) is 3.71. The summed E-state index contributed by atoms with van der Waals surface area (Å²) in [6.45, 7) is 2.58. The average molecular weight is 142 g/mol. The summed E-state index contributed by atoms with van der Waals surface area (Å²) in [5, 5.41) is 7.18. The fraction of sp³-hybridized carbons (Fsp3) is 0.857. The molecule has 0 aliphatic heterocycles. The van der Waals surface area contributed by atoms with Crippen LogP contribution in [0.3, 0.4) is 0 Å². The van der Waals surface area contributed by atoms with E-state index in [1.165, 1.54) is 12.8 Å². The summed E-state index contributed by atoms with van der Waals surface area (Å²) in [4.78, 5) is 0. The van der Waals surface area contributed by atoms with Crippen molar-refractivity contribution in [2.24, 2.45) is 11.7 Å². The molecular formula is C7H14N2O. The summed E-state index contributed by atoms with van der Waals surface area (Å²) in [6.07, 6.45) is 2.25. The lowest BCUT2D eigenvalue weighted by Crippen LogP contribution is -2.32. The van der Waals surface area contributed by atoms with E-state index in [0.717, 1.165) is 0 Å². The van der Waals surface area contributed by atoms with Gasteiger partial charge >= 0.3 is 0 Å². The molecule has 58 valence electrons. The van der Waals surface area contributed by atoms with E-state index in [1.54, 1.807) is 0 Å². The maximum atomic E-state index is 7.18. The van der Waals surface area contributed by atoms with Crippen molar-refractivity contribution >= 4 is 5.84 Å². The zero-order valence-corrected chi connectivity index (χ0v) is 6.26. The molecule has 1 aliphatic rings. The van der Waals surface area contributed by atoms with Gasteiger partial charge in [0.25, 0.3) is 0 Å². The van der Waals surface area contributed by atoms with Crippen LogP contribution in [0.15, 0.2) is 0 Å². The van der Waals surface area contributed by atoms with Gasteiger partial charge in [-0.25, -0.2) is 0 Å². The van der Waals surface area contributed by atoms with Crippen LogP contribution < -0.4 is 5.73 Å². The van der Waals surface area contributed by atoms with Gasteiger partial charge in [-0.1, -0.05) is 0 Å². The predicted molar refractivity (Wildman–Crippen MR) is 40.1 cm³/mol. The molecule has 10 heavy (non-hydrogen) atoms. The number of nitrogens with one attached hydrogen (secondary N) is 1. The van der Waals surface area contributed by atoms with Gasteiger partial charge in [0.05, 0.1) is 0 Å². The Bertz CT molecular complexity index is 132. The Kier molecular flexibility index (Phi) is 2.27. The van der Waals surface area contributed by atoms with Gasteiger partial charge in [-0.3, -0.25) is 5.41 Å². The van der Waals surface area contributed by atoms with Crippen LogP contribution in [-0.4, -0.2) is 18.5 Å². The predicted octanol–water partition coefficient (Wildman–Crippen LogP) is 0.737. The third-order valence-corrected chi connectivity index (χ3v) is 1.70. The van der Waals surface area contributed by atoms with E-state index in [9.17, 15) is 0 Å². The van der Waals surface area contributed by atoms with Gasteiger partial charge in [0.2, 0.25) is 0 Å². The molecule has 0 saturated heterocycles. The van der Waals surface area contributed by atoms with Crippen molar-refractivity contribution in [3.8, 4) is 0 Å². The number of hydrogen-bond donors (Lipinski definition) is 2. The Balaban J connectivity index is 2.34. The fourth-order valence-electron chi connectivity index (χ4n) is 1.06. The molecule has 1 aliphatic carbocycles. The molecule has 0 aromatic heterocycles. The van der Waals surface area contributed by atoms with Crippen LogP contribution in [-0.2, 0) is 4.74 Å². The van der Waals surface area contributed by atoms with Gasteiger partial charge in [-0.15, -0.1) is 0 Å². The number of nitrogens with two attached hydrogens (primary N) is 1. The fourth-order valence-corrected chi connectivity index (χ4v) is 1.06. The molecule has 0 amide bonds. The Morgan fingerprint density at radius 2 is 2.40 bits per heavy atom. The van der Waals surface area contributed by atoms with Gasteiger partial charge in [-0.05, 0) is 25.7 Å². The first-order valence-electron chi connectivity index (χ1n) is 3.71. The van der Waals surface area contributed by atoms with E-state index < -0.39 is 0 Å². The van der Waals surface area contributed by atoms with E-state index in [-0.39, 0.29) is 11.9 Å². The Labute approximate surface area is 61.1 Å². The van der Waals surface area contributed by atoms with Crippen LogP contribution in [0.5, 0.6) is 0 Å². The smallest absolute Gasteiger partial charge is 0.121 e. The lowest BCUT2D eigenvalue weighted by molar-refractivity contribution is 0.0932. The Hall–Kier alpha value is -0.570. The van der Waals surface area contributed by atoms with Crippen LogP contribution in [0.2, 0.25) is 0 Å². The van der Waals surface area contributed by atoms with Crippen LogP contribution >= 0.6 is 0 Å². The van der Waals surface area contributed by atoms with Crippen molar-refractivity contribution < 1.29 is 4.74 Å². The monoisotopic (exact) mass is 142 g/mol. The van der Waals surface area contributed by atoms with Gasteiger partial charge in [0.15, 0.2) is 0 Å². The van der Waals surface area contributed by atoms with Crippen LogP contribution in [0, 0.1) is 11.3 Å². The molecule has 1 rings (SSSR count). The molecule has 1 unspecified atom stereocenters. The van der Waals surface area contributed by atoms with E-state index in [0.29, 0.717) is 12.5 Å². The second kappa shape index (κ2) is 3.01. The summed E-state index contributed by atoms with van der Waals surface area (Å²) in [6, 6.07) is 0. The third-order valence-electron chi connectivity index (χ3n) is 1.70. The van der Waals surface area contributed by atoms with Crippen molar-refractivity contribution in [2.45, 2.75) is 25.9 Å². The summed E-state index contributed by atoms with van der Waals surface area (Å²) >= 11 is 0. The van der Waals surface area contributed by atoms with Crippen molar-refractivity contribution in [3.05, 3.63) is 0 Å². The van der Waals surface area contributed by atoms with Gasteiger partial charge in [-0.2, -0.15) is 0 Å². The quantitative estimate of drug-likeness (QED) is 0.449. The summed E-state index contributed by atoms with van der Waals surface area (Å²) in [7, 11) is 0. The van der Waals surface area contributed by atoms with Crippen LogP contribution in [0.1, 0.15) is 19.8 Å². The minimum atomic E-state index is -0.0926. The largest absolute Gasteiger partial charge is 0.385 e. The molecule has 0 aromatic carbocycles. The maximum absolute atomic E-state index is 7.18. The normalized spacial score (nSPS) is 20.5. The van der Waals surface area contributed by atoms with E-state index in [4.69, 9.17) is 15.9 Å². The lowest BCUT2D eigenvalue weighted by atomic mass is 10.2. The highest BCUT2D eigenvalue weighted by atomic mass is 16.5. The first kappa shape index (κ1) is 7.54. The van der Waals surface area contributed by atoms with Gasteiger partial charge in [0.1, 0.15) is 11.9 Å². The molecule has 1 saturated carbocycles. The minimum absolute atomic E-state index is 0.0926. The third kappa shape index (κ3) is 1.70. The van der Waals surface area contributed by atoms with Crippen LogP contribution in [0.4, 0.5) is 0 Å². The van der Waals surface area contributed by atoms with Crippen molar-refractivity contribution in [3.63, 3.8) is 0 Å². The molecule has 0 bridgehead atoms. The topological polar surface area (TPSA) is 59.1 Å². The van der Waals surface area contributed by atoms with Crippen molar-refractivity contribution in [1.29, 1.82) is 5.41 Å². The Morgan fingerprint density at radius 1 is 1.80 bits per heavy atom. The van der Waals surface area contributed by atoms with E-state index >= 15 is 0 Å². The maximum Gasteiger partial charge on any atom is 0.121 e. The molecule has 1 fully saturated rings. The highest BCUT2D eigenvalue weighted by Crippen LogP contribution is 2.34. The molecule has 0 radical (unpaired) electrons. The van der Waals surface area contributed by atoms with Gasteiger partial charge in [0, 0.05) is 6.61 Å². The zero-order valence-electron chi connectivity index (χ0n) is 6.26. The first-order chi connectivity index (χ1) is 4.75. The number of amidine groups is 1. The van der Waals surface area contributed by atoms with Crippen molar-refractivity contribution in [1.82, 2.24) is 0 Å². The van der Waals surface area contributed by atoms with Crippen molar-refractivity contribution in [2.75, 3.05) is 6.61 Å². The van der Waals surface area contributed by atoms with Gasteiger partial charge < -0.3 is 10.5 Å². The van der Waals surface area contributed by atoms with E-state index in [1.807, 2.05) is 6.92 Å². The Morgan fingerprint density at radius 3 is 2.70 bits per heavy atom. The highest BCUT2D eigenvalue weighted by molar-refractivity contribution is 5.82. The molecular weight excluding hydrogens is 128 g/mol. The zero-order chi connectivity index (χ0) is 7.56. The molecule has 0 heterocycles. The summed E-state index contributed by atoms with van der Waals surface area (Å²) in [5.74, 6) is 0.724. The highest BCUT2D eigenvalue weighted by Gasteiger charge is 2.33. The SMILES string of the molecule is CCOC(C(=N)N)C1CC1. The second-order valence-electron chi connectivity index (χ2n) is 2.67. The van der Waals surface area contributed by atoms with E-state index in [2.05, 4.69) is 0 Å². The minimum Gasteiger partial charge on any atom is -0.385 e. The molecule has 1 atom stereocenters. The average Bonchev–Trinajstić information content (AvgIpc) is 2.63. The van der Waals surface area contributed by atoms with Crippen LogP contribution in [0.25, 0.3) is 0 Å². The number of hydrogen-bond acceptors (Lipinski definition) is 2. The second-order valence-corrected chi connectivity index (χ2v) is 2.67. The molecule has 3 nitrogen and oxygen atoms in total. The number of rotatable bonds is 4. The number of ether oxygens (including phenoxy) is 1. The molecule has 3 N–H and O–H groups in total.